The molecule has 0 spiro atoms. The summed E-state index contributed by atoms with van der Waals surface area (Å²) in [4.78, 5) is 18.9. The molecule has 0 bridgehead atoms. The Morgan fingerprint density at radius 3 is 1.83 bits per heavy atom. The predicted molar refractivity (Wildman–Crippen MR) is 146 cm³/mol. The average molecular weight is 513 g/mol. The minimum Gasteiger partial charge on any atom is -0.485 e. The molecule has 0 aliphatic rings. The van der Waals surface area contributed by atoms with Gasteiger partial charge in [0, 0.05) is 0 Å². The van der Waals surface area contributed by atoms with Crippen LogP contribution in [0.2, 0.25) is 0 Å². The number of aliphatic hydroxyl groups excluding tert-OH is 2. The molecular weight excluding hydrogens is 475 g/mol. The van der Waals surface area contributed by atoms with E-state index in [0.29, 0.717) is 31.4 Å². The lowest BCUT2D eigenvalue weighted by Crippen LogP contribution is -2.43. The topological polar surface area (TPSA) is 99.4 Å². The van der Waals surface area contributed by atoms with Crippen molar-refractivity contribution in [2.45, 2.75) is 31.8 Å². The standard InChI is InChI=1S/C29H37O6P/c1-5-9-22-13-15-26(24(17-22)11-7-3)28(29(19-30,20-31)21-34-36(32)33)35-27-16-14-23(10-6-2)18-25(27)12-8-4/h5-8,13-18,28,30-33H,1-4,9-12,19-21H2. The Morgan fingerprint density at radius 2 is 1.31 bits per heavy atom. The number of benzene rings is 2. The van der Waals surface area contributed by atoms with E-state index in [9.17, 15) is 20.0 Å². The second-order valence-electron chi connectivity index (χ2n) is 8.65. The molecule has 0 amide bonds. The van der Waals surface area contributed by atoms with E-state index in [1.807, 2.05) is 48.6 Å². The summed E-state index contributed by atoms with van der Waals surface area (Å²) in [5, 5.41) is 21.0. The molecule has 0 fully saturated rings. The second-order valence-corrected chi connectivity index (χ2v) is 9.41. The summed E-state index contributed by atoms with van der Waals surface area (Å²) in [7, 11) is -2.70. The van der Waals surface area contributed by atoms with Crippen LogP contribution in [-0.2, 0) is 30.2 Å². The molecule has 4 N–H and O–H groups in total. The van der Waals surface area contributed by atoms with Gasteiger partial charge in [0.2, 0.25) is 0 Å². The molecule has 0 aliphatic carbocycles. The Morgan fingerprint density at radius 1 is 0.778 bits per heavy atom. The molecule has 0 saturated heterocycles. The normalized spacial score (nSPS) is 12.2. The van der Waals surface area contributed by atoms with Crippen molar-refractivity contribution in [2.75, 3.05) is 19.8 Å². The van der Waals surface area contributed by atoms with Gasteiger partial charge in [0.25, 0.3) is 0 Å². The lowest BCUT2D eigenvalue weighted by Gasteiger charge is -2.39. The Labute approximate surface area is 215 Å². The molecule has 1 unspecified atom stereocenters. The van der Waals surface area contributed by atoms with Crippen LogP contribution in [-0.4, -0.2) is 39.8 Å². The molecular formula is C29H37O6P. The molecule has 0 aromatic heterocycles. The van der Waals surface area contributed by atoms with E-state index < -0.39 is 33.3 Å². The van der Waals surface area contributed by atoms with Crippen molar-refractivity contribution in [2.24, 2.45) is 5.41 Å². The van der Waals surface area contributed by atoms with E-state index in [1.54, 1.807) is 12.2 Å². The van der Waals surface area contributed by atoms with Gasteiger partial charge in [0.1, 0.15) is 11.9 Å². The second kappa shape index (κ2) is 14.9. The maximum absolute atomic E-state index is 10.5. The van der Waals surface area contributed by atoms with E-state index in [0.717, 1.165) is 27.8 Å². The minimum atomic E-state index is -2.70. The number of ether oxygens (including phenoxy) is 1. The Balaban J connectivity index is 2.71. The first-order chi connectivity index (χ1) is 17.4. The van der Waals surface area contributed by atoms with Gasteiger partial charge in [-0.3, -0.25) is 0 Å². The Hall–Kier alpha value is -2.57. The largest absolute Gasteiger partial charge is 0.485 e. The number of allylic oxidation sites excluding steroid dienone is 4. The highest BCUT2D eigenvalue weighted by atomic mass is 31.2. The highest BCUT2D eigenvalue weighted by molar-refractivity contribution is 7.39. The van der Waals surface area contributed by atoms with Crippen molar-refractivity contribution in [1.29, 1.82) is 0 Å². The summed E-state index contributed by atoms with van der Waals surface area (Å²) in [5.74, 6) is 0.564. The van der Waals surface area contributed by atoms with E-state index in [2.05, 4.69) is 26.3 Å². The Kier molecular flexibility index (Phi) is 12.2. The molecule has 0 aliphatic heterocycles. The van der Waals surface area contributed by atoms with Crippen molar-refractivity contribution in [3.05, 3.63) is 115 Å². The number of hydrogen-bond donors (Lipinski definition) is 4. The van der Waals surface area contributed by atoms with Crippen molar-refractivity contribution in [3.8, 4) is 5.75 Å². The zero-order valence-electron chi connectivity index (χ0n) is 20.7. The molecule has 0 heterocycles. The lowest BCUT2D eigenvalue weighted by atomic mass is 9.78. The molecule has 2 rings (SSSR count). The van der Waals surface area contributed by atoms with Crippen LogP contribution < -0.4 is 4.74 Å². The van der Waals surface area contributed by atoms with Crippen LogP contribution in [0, 0.1) is 5.41 Å². The van der Waals surface area contributed by atoms with Gasteiger partial charge < -0.3 is 29.3 Å². The summed E-state index contributed by atoms with van der Waals surface area (Å²) >= 11 is 0. The summed E-state index contributed by atoms with van der Waals surface area (Å²) in [6.45, 7) is 14.0. The van der Waals surface area contributed by atoms with Crippen LogP contribution in [0.3, 0.4) is 0 Å². The highest BCUT2D eigenvalue weighted by Gasteiger charge is 2.43. The maximum atomic E-state index is 10.5. The van der Waals surface area contributed by atoms with Crippen LogP contribution in [0.4, 0.5) is 0 Å². The maximum Gasteiger partial charge on any atom is 0.327 e. The Bertz CT molecular complexity index is 1030. The van der Waals surface area contributed by atoms with E-state index >= 15 is 0 Å². The van der Waals surface area contributed by atoms with E-state index in [4.69, 9.17) is 9.26 Å². The molecule has 194 valence electrons. The first-order valence-corrected chi connectivity index (χ1v) is 12.9. The number of rotatable bonds is 17. The fourth-order valence-electron chi connectivity index (χ4n) is 4.11. The van der Waals surface area contributed by atoms with Crippen LogP contribution in [0.1, 0.15) is 33.9 Å². The van der Waals surface area contributed by atoms with Gasteiger partial charge >= 0.3 is 8.60 Å². The summed E-state index contributed by atoms with van der Waals surface area (Å²) in [6, 6.07) is 11.7. The smallest absolute Gasteiger partial charge is 0.327 e. The summed E-state index contributed by atoms with van der Waals surface area (Å²) in [6.07, 6.45) is 8.76. The average Bonchev–Trinajstić information content (AvgIpc) is 2.86. The van der Waals surface area contributed by atoms with Crippen molar-refractivity contribution < 1.29 is 29.3 Å². The van der Waals surface area contributed by atoms with Crippen molar-refractivity contribution in [3.63, 3.8) is 0 Å². The molecule has 0 radical (unpaired) electrons. The quantitative estimate of drug-likeness (QED) is 0.177. The van der Waals surface area contributed by atoms with E-state index in [1.165, 1.54) is 0 Å². The monoisotopic (exact) mass is 512 g/mol. The third kappa shape index (κ3) is 7.71. The zero-order chi connectivity index (χ0) is 26.6. The van der Waals surface area contributed by atoms with Crippen LogP contribution in [0.15, 0.2) is 87.0 Å². The first-order valence-electron chi connectivity index (χ1n) is 11.7. The fourth-order valence-corrected chi connectivity index (χ4v) is 4.48. The summed E-state index contributed by atoms with van der Waals surface area (Å²) < 4.78 is 11.7. The molecule has 2 aromatic rings. The van der Waals surface area contributed by atoms with Gasteiger partial charge in [0.05, 0.1) is 25.2 Å². The molecule has 6 nitrogen and oxygen atoms in total. The third-order valence-corrected chi connectivity index (χ3v) is 6.36. The zero-order valence-corrected chi connectivity index (χ0v) is 21.6. The van der Waals surface area contributed by atoms with Crippen LogP contribution in [0.5, 0.6) is 5.75 Å². The third-order valence-electron chi connectivity index (χ3n) is 6.00. The van der Waals surface area contributed by atoms with Gasteiger partial charge in [-0.05, 0) is 59.6 Å². The number of hydrogen-bond acceptors (Lipinski definition) is 6. The van der Waals surface area contributed by atoms with Gasteiger partial charge in [-0.25, -0.2) is 0 Å². The van der Waals surface area contributed by atoms with Gasteiger partial charge in [-0.1, -0.05) is 54.6 Å². The fraction of sp³-hybridized carbons (Fsp3) is 0.310. The number of aliphatic hydroxyl groups is 2. The van der Waals surface area contributed by atoms with Crippen molar-refractivity contribution >= 4 is 8.60 Å². The molecule has 36 heavy (non-hydrogen) atoms. The molecule has 2 aromatic carbocycles. The minimum absolute atomic E-state index is 0.337. The van der Waals surface area contributed by atoms with Gasteiger partial charge in [0.15, 0.2) is 0 Å². The molecule has 1 atom stereocenters. The van der Waals surface area contributed by atoms with Crippen LogP contribution >= 0.6 is 8.60 Å². The highest BCUT2D eigenvalue weighted by Crippen LogP contribution is 2.43. The van der Waals surface area contributed by atoms with Gasteiger partial charge in [-0.15, -0.1) is 26.3 Å². The van der Waals surface area contributed by atoms with Gasteiger partial charge in [-0.2, -0.15) is 0 Å². The molecule has 7 heteroatoms. The first kappa shape index (κ1) is 29.7. The lowest BCUT2D eigenvalue weighted by molar-refractivity contribution is -0.0703. The van der Waals surface area contributed by atoms with Crippen LogP contribution in [0.25, 0.3) is 0 Å². The van der Waals surface area contributed by atoms with Crippen molar-refractivity contribution in [1.82, 2.24) is 0 Å². The summed E-state index contributed by atoms with van der Waals surface area (Å²) in [5.41, 5.74) is 3.26. The predicted octanol–water partition coefficient (Wildman–Crippen LogP) is 4.92. The SMILES string of the molecule is C=CCc1ccc(OC(c2ccc(CC=C)cc2CC=C)C(CO)(CO)COP(O)O)c(CC=C)c1. The van der Waals surface area contributed by atoms with E-state index in [-0.39, 0.29) is 6.61 Å². The molecule has 0 saturated carbocycles.